The number of hydrogen-bond donors (Lipinski definition) is 1. The maximum atomic E-state index is 13.4. The molecule has 0 unspecified atom stereocenters. The highest BCUT2D eigenvalue weighted by atomic mass is 19.2. The molecule has 0 amide bonds. The summed E-state index contributed by atoms with van der Waals surface area (Å²) in [6, 6.07) is 5.57. The largest absolute Gasteiger partial charge is 0.467 e. The second kappa shape index (κ2) is 3.82. The minimum Gasteiger partial charge on any atom is -0.467 e. The molecule has 78 valence electrons. The molecule has 0 aliphatic rings. The molecular weight excluding hydrogens is 200 g/mol. The molecule has 0 saturated heterocycles. The van der Waals surface area contributed by atoms with E-state index in [9.17, 15) is 8.78 Å². The van der Waals surface area contributed by atoms with E-state index < -0.39 is 11.6 Å². The molecule has 2 N–H and O–H groups in total. The highest BCUT2D eigenvalue weighted by Crippen LogP contribution is 2.28. The van der Waals surface area contributed by atoms with Gasteiger partial charge in [0.1, 0.15) is 5.76 Å². The van der Waals surface area contributed by atoms with Crippen LogP contribution in [0, 0.1) is 11.6 Å². The summed E-state index contributed by atoms with van der Waals surface area (Å²) in [4.78, 5) is 0. The van der Waals surface area contributed by atoms with Gasteiger partial charge in [-0.3, -0.25) is 0 Å². The fraction of sp³-hybridized carbons (Fsp3) is 0.0909. The smallest absolute Gasteiger partial charge is 0.166 e. The van der Waals surface area contributed by atoms with Gasteiger partial charge in [0, 0.05) is 11.1 Å². The minimum atomic E-state index is -0.881. The first-order valence-electron chi connectivity index (χ1n) is 4.45. The van der Waals surface area contributed by atoms with Crippen molar-refractivity contribution in [1.29, 1.82) is 0 Å². The third kappa shape index (κ3) is 1.64. The molecule has 2 nitrogen and oxygen atoms in total. The molecule has 1 heterocycles. The summed E-state index contributed by atoms with van der Waals surface area (Å²) >= 11 is 0. The number of nitrogens with two attached hydrogens (primary N) is 1. The van der Waals surface area contributed by atoms with Crippen molar-refractivity contribution in [2.75, 3.05) is 0 Å². The van der Waals surface area contributed by atoms with Crippen LogP contribution < -0.4 is 5.73 Å². The molecule has 1 aromatic heterocycles. The lowest BCUT2D eigenvalue weighted by Gasteiger charge is -2.02. The maximum Gasteiger partial charge on any atom is 0.166 e. The Labute approximate surface area is 85.3 Å². The molecular formula is C11H9F2NO. The van der Waals surface area contributed by atoms with Gasteiger partial charge in [-0.2, -0.15) is 0 Å². The lowest BCUT2D eigenvalue weighted by atomic mass is 10.1. The normalized spacial score (nSPS) is 10.6. The summed E-state index contributed by atoms with van der Waals surface area (Å²) in [5.74, 6) is -1.32. The van der Waals surface area contributed by atoms with Crippen LogP contribution in [-0.2, 0) is 6.54 Å². The molecule has 0 aliphatic heterocycles. The Balaban J connectivity index is 2.59. The molecule has 0 aliphatic carbocycles. The van der Waals surface area contributed by atoms with Gasteiger partial charge < -0.3 is 10.2 Å². The summed E-state index contributed by atoms with van der Waals surface area (Å²) in [5, 5.41) is 0. The van der Waals surface area contributed by atoms with Crippen molar-refractivity contribution in [3.63, 3.8) is 0 Å². The van der Waals surface area contributed by atoms with Crippen molar-refractivity contribution in [3.8, 4) is 11.1 Å². The molecule has 0 atom stereocenters. The van der Waals surface area contributed by atoms with E-state index in [1.54, 1.807) is 6.07 Å². The van der Waals surface area contributed by atoms with Crippen molar-refractivity contribution in [2.24, 2.45) is 5.73 Å². The summed E-state index contributed by atoms with van der Waals surface area (Å²) < 4.78 is 31.4. The number of furan rings is 1. The van der Waals surface area contributed by atoms with E-state index in [4.69, 9.17) is 10.2 Å². The molecule has 0 fully saturated rings. The maximum absolute atomic E-state index is 13.4. The highest BCUT2D eigenvalue weighted by Gasteiger charge is 2.14. The second-order valence-corrected chi connectivity index (χ2v) is 3.06. The third-order valence-corrected chi connectivity index (χ3v) is 2.17. The van der Waals surface area contributed by atoms with Gasteiger partial charge in [0.05, 0.1) is 12.8 Å². The van der Waals surface area contributed by atoms with Crippen molar-refractivity contribution < 1.29 is 13.2 Å². The SMILES string of the molecule is NCc1occc1-c1cccc(F)c1F. The van der Waals surface area contributed by atoms with Crippen molar-refractivity contribution >= 4 is 0 Å². The number of hydrogen-bond acceptors (Lipinski definition) is 2. The van der Waals surface area contributed by atoms with Crippen molar-refractivity contribution in [3.05, 3.63) is 47.9 Å². The summed E-state index contributed by atoms with van der Waals surface area (Å²) in [7, 11) is 0. The quantitative estimate of drug-likeness (QED) is 0.825. The van der Waals surface area contributed by atoms with E-state index in [0.29, 0.717) is 11.3 Å². The van der Waals surface area contributed by atoms with Crippen molar-refractivity contribution in [1.82, 2.24) is 0 Å². The Kier molecular flexibility index (Phi) is 2.51. The average molecular weight is 209 g/mol. The third-order valence-electron chi connectivity index (χ3n) is 2.17. The van der Waals surface area contributed by atoms with Gasteiger partial charge in [-0.15, -0.1) is 0 Å². The van der Waals surface area contributed by atoms with Gasteiger partial charge in [-0.1, -0.05) is 12.1 Å². The fourth-order valence-electron chi connectivity index (χ4n) is 1.45. The number of rotatable bonds is 2. The fourth-order valence-corrected chi connectivity index (χ4v) is 1.45. The highest BCUT2D eigenvalue weighted by molar-refractivity contribution is 5.66. The van der Waals surface area contributed by atoms with Crippen LogP contribution in [0.3, 0.4) is 0 Å². The number of benzene rings is 1. The molecule has 0 saturated carbocycles. The molecule has 4 heteroatoms. The zero-order chi connectivity index (χ0) is 10.8. The number of halogens is 2. The van der Waals surface area contributed by atoms with Crippen LogP contribution >= 0.6 is 0 Å². The second-order valence-electron chi connectivity index (χ2n) is 3.06. The molecule has 0 spiro atoms. The van der Waals surface area contributed by atoms with Crippen LogP contribution in [0.2, 0.25) is 0 Å². The molecule has 0 radical (unpaired) electrons. The molecule has 2 aromatic rings. The van der Waals surface area contributed by atoms with Gasteiger partial charge in [0.25, 0.3) is 0 Å². The van der Waals surface area contributed by atoms with Gasteiger partial charge in [0.15, 0.2) is 11.6 Å². The first-order valence-corrected chi connectivity index (χ1v) is 4.45. The summed E-state index contributed by atoms with van der Waals surface area (Å²) in [5.41, 5.74) is 6.08. The Bertz CT molecular complexity index is 479. The first kappa shape index (κ1) is 9.86. The molecule has 2 rings (SSSR count). The van der Waals surface area contributed by atoms with Crippen LogP contribution in [0.25, 0.3) is 11.1 Å². The predicted molar refractivity (Wildman–Crippen MR) is 52.0 cm³/mol. The van der Waals surface area contributed by atoms with Crippen LogP contribution in [-0.4, -0.2) is 0 Å². The topological polar surface area (TPSA) is 39.2 Å². The van der Waals surface area contributed by atoms with Gasteiger partial charge in [-0.05, 0) is 12.1 Å². The van der Waals surface area contributed by atoms with Gasteiger partial charge >= 0.3 is 0 Å². The van der Waals surface area contributed by atoms with E-state index in [-0.39, 0.29) is 12.1 Å². The monoisotopic (exact) mass is 209 g/mol. The first-order chi connectivity index (χ1) is 7.24. The Morgan fingerprint density at radius 1 is 1.13 bits per heavy atom. The van der Waals surface area contributed by atoms with E-state index in [1.807, 2.05) is 0 Å². The lowest BCUT2D eigenvalue weighted by molar-refractivity contribution is 0.505. The van der Waals surface area contributed by atoms with Crippen LogP contribution in [0.15, 0.2) is 34.9 Å². The average Bonchev–Trinajstić information content (AvgIpc) is 2.70. The van der Waals surface area contributed by atoms with Crippen LogP contribution in [0.4, 0.5) is 8.78 Å². The molecule has 0 bridgehead atoms. The van der Waals surface area contributed by atoms with E-state index in [1.165, 1.54) is 18.4 Å². The van der Waals surface area contributed by atoms with Crippen LogP contribution in [0.1, 0.15) is 5.76 Å². The van der Waals surface area contributed by atoms with Crippen LogP contribution in [0.5, 0.6) is 0 Å². The van der Waals surface area contributed by atoms with Gasteiger partial charge in [0.2, 0.25) is 0 Å². The standard InChI is InChI=1S/C11H9F2NO/c12-9-3-1-2-8(11(9)13)7-4-5-15-10(7)6-14/h1-5H,6,14H2. The zero-order valence-electron chi connectivity index (χ0n) is 7.84. The van der Waals surface area contributed by atoms with Gasteiger partial charge in [-0.25, -0.2) is 8.78 Å². The Morgan fingerprint density at radius 2 is 1.93 bits per heavy atom. The van der Waals surface area contributed by atoms with Crippen molar-refractivity contribution in [2.45, 2.75) is 6.54 Å². The Morgan fingerprint density at radius 3 is 2.67 bits per heavy atom. The minimum absolute atomic E-state index is 0.151. The predicted octanol–water partition coefficient (Wildman–Crippen LogP) is 2.68. The molecule has 15 heavy (non-hydrogen) atoms. The molecule has 1 aromatic carbocycles. The zero-order valence-corrected chi connectivity index (χ0v) is 7.84. The van der Waals surface area contributed by atoms with E-state index in [0.717, 1.165) is 6.07 Å². The summed E-state index contributed by atoms with van der Waals surface area (Å²) in [6.07, 6.45) is 1.40. The Hall–Kier alpha value is -1.68. The summed E-state index contributed by atoms with van der Waals surface area (Å²) in [6.45, 7) is 0.151. The van der Waals surface area contributed by atoms with E-state index >= 15 is 0 Å². The van der Waals surface area contributed by atoms with E-state index in [2.05, 4.69) is 0 Å². The lowest BCUT2D eigenvalue weighted by Crippen LogP contribution is -1.97.